The Bertz CT molecular complexity index is 783. The monoisotopic (exact) mass is 298 g/mol. The number of benzene rings is 3. The van der Waals surface area contributed by atoms with E-state index in [1.165, 1.54) is 0 Å². The Morgan fingerprint density at radius 2 is 1.52 bits per heavy atom. The molecule has 1 N–H and O–H groups in total. The van der Waals surface area contributed by atoms with Gasteiger partial charge in [0, 0.05) is 16.0 Å². The molecule has 0 heterocycles. The van der Waals surface area contributed by atoms with Crippen molar-refractivity contribution in [2.75, 3.05) is 7.11 Å². The summed E-state index contributed by atoms with van der Waals surface area (Å²) in [6, 6.07) is 19.0. The number of rotatable bonds is 3. The minimum absolute atomic E-state index is 0.670. The number of methoxy groups -OCH3 is 1. The minimum atomic E-state index is -0.761. The highest BCUT2D eigenvalue weighted by Crippen LogP contribution is 2.35. The van der Waals surface area contributed by atoms with E-state index in [4.69, 9.17) is 16.3 Å². The Morgan fingerprint density at radius 3 is 2.29 bits per heavy atom. The number of para-hydroxylation sites is 1. The number of aliphatic hydroxyl groups is 1. The maximum atomic E-state index is 10.8. The lowest BCUT2D eigenvalue weighted by Crippen LogP contribution is -2.03. The van der Waals surface area contributed by atoms with Gasteiger partial charge >= 0.3 is 0 Å². The summed E-state index contributed by atoms with van der Waals surface area (Å²) in [4.78, 5) is 0. The maximum absolute atomic E-state index is 10.8. The molecule has 21 heavy (non-hydrogen) atoms. The van der Waals surface area contributed by atoms with Crippen LogP contribution < -0.4 is 4.74 Å². The predicted molar refractivity (Wildman–Crippen MR) is 86.0 cm³/mol. The molecule has 0 saturated carbocycles. The molecule has 0 bridgehead atoms. The number of ether oxygens (including phenoxy) is 1. The van der Waals surface area contributed by atoms with Gasteiger partial charge in [-0.2, -0.15) is 0 Å². The Balaban J connectivity index is 2.18. The maximum Gasteiger partial charge on any atom is 0.125 e. The van der Waals surface area contributed by atoms with E-state index in [9.17, 15) is 5.11 Å². The summed E-state index contributed by atoms with van der Waals surface area (Å²) >= 11 is 6.23. The van der Waals surface area contributed by atoms with E-state index in [0.29, 0.717) is 10.8 Å². The highest BCUT2D eigenvalue weighted by atomic mass is 35.5. The van der Waals surface area contributed by atoms with Gasteiger partial charge in [-0.1, -0.05) is 60.1 Å². The number of fused-ring (bicyclic) bond motifs is 1. The third kappa shape index (κ3) is 2.48. The topological polar surface area (TPSA) is 29.5 Å². The van der Waals surface area contributed by atoms with Gasteiger partial charge in [-0.15, -0.1) is 0 Å². The van der Waals surface area contributed by atoms with Crippen LogP contribution in [0, 0.1) is 0 Å². The van der Waals surface area contributed by atoms with Crippen LogP contribution in [0.2, 0.25) is 5.02 Å². The first-order valence-corrected chi connectivity index (χ1v) is 7.08. The largest absolute Gasteiger partial charge is 0.496 e. The van der Waals surface area contributed by atoms with Crippen LogP contribution in [0.3, 0.4) is 0 Å². The first-order valence-electron chi connectivity index (χ1n) is 6.70. The van der Waals surface area contributed by atoms with Gasteiger partial charge in [0.1, 0.15) is 11.9 Å². The van der Waals surface area contributed by atoms with Crippen molar-refractivity contribution < 1.29 is 9.84 Å². The van der Waals surface area contributed by atoms with Crippen LogP contribution in [0.5, 0.6) is 5.75 Å². The smallest absolute Gasteiger partial charge is 0.125 e. The van der Waals surface area contributed by atoms with Crippen LogP contribution in [0.4, 0.5) is 0 Å². The van der Waals surface area contributed by atoms with Crippen molar-refractivity contribution in [2.24, 2.45) is 0 Å². The highest BCUT2D eigenvalue weighted by Gasteiger charge is 2.17. The van der Waals surface area contributed by atoms with Crippen molar-refractivity contribution in [3.05, 3.63) is 76.8 Å². The quantitative estimate of drug-likeness (QED) is 0.766. The molecule has 0 saturated heterocycles. The zero-order valence-corrected chi connectivity index (χ0v) is 12.3. The van der Waals surface area contributed by atoms with Crippen LogP contribution in [0.15, 0.2) is 60.7 Å². The van der Waals surface area contributed by atoms with Gasteiger partial charge < -0.3 is 9.84 Å². The normalized spacial score (nSPS) is 12.3. The standard InChI is InChI=1S/C18H15ClO2/c1-21-17-9-5-4-8-15(17)18(20)14-10-11-16(19)13-7-3-2-6-12(13)14/h2-11,18,20H,1H3. The highest BCUT2D eigenvalue weighted by molar-refractivity contribution is 6.35. The summed E-state index contributed by atoms with van der Waals surface area (Å²) in [5.41, 5.74) is 1.56. The van der Waals surface area contributed by atoms with Gasteiger partial charge in [0.25, 0.3) is 0 Å². The van der Waals surface area contributed by atoms with Gasteiger partial charge in [0.2, 0.25) is 0 Å². The molecule has 2 nitrogen and oxygen atoms in total. The third-order valence-corrected chi connectivity index (χ3v) is 3.96. The van der Waals surface area contributed by atoms with Crippen LogP contribution >= 0.6 is 11.6 Å². The molecule has 1 atom stereocenters. The Hall–Kier alpha value is -2.03. The average Bonchev–Trinajstić information content (AvgIpc) is 2.55. The van der Waals surface area contributed by atoms with Crippen molar-refractivity contribution in [3.63, 3.8) is 0 Å². The molecule has 0 aromatic heterocycles. The summed E-state index contributed by atoms with van der Waals surface area (Å²) in [5.74, 6) is 0.670. The second-order valence-corrected chi connectivity index (χ2v) is 5.23. The van der Waals surface area contributed by atoms with E-state index >= 15 is 0 Å². The van der Waals surface area contributed by atoms with E-state index < -0.39 is 6.10 Å². The van der Waals surface area contributed by atoms with Gasteiger partial charge in [0.05, 0.1) is 7.11 Å². The van der Waals surface area contributed by atoms with Crippen molar-refractivity contribution in [3.8, 4) is 5.75 Å². The van der Waals surface area contributed by atoms with Gasteiger partial charge in [0.15, 0.2) is 0 Å². The molecule has 0 spiro atoms. The summed E-state index contributed by atoms with van der Waals surface area (Å²) in [7, 11) is 1.60. The molecule has 3 aromatic rings. The van der Waals surface area contributed by atoms with Gasteiger partial charge in [-0.25, -0.2) is 0 Å². The number of hydrogen-bond acceptors (Lipinski definition) is 2. The molecule has 3 rings (SSSR count). The Morgan fingerprint density at radius 1 is 0.857 bits per heavy atom. The SMILES string of the molecule is COc1ccccc1C(O)c1ccc(Cl)c2ccccc12. The van der Waals surface area contributed by atoms with Crippen LogP contribution in [-0.2, 0) is 0 Å². The zero-order chi connectivity index (χ0) is 14.8. The molecule has 1 unspecified atom stereocenters. The molecule has 3 aromatic carbocycles. The number of aliphatic hydroxyl groups excluding tert-OH is 1. The molecular weight excluding hydrogens is 284 g/mol. The fourth-order valence-corrected chi connectivity index (χ4v) is 2.81. The van der Waals surface area contributed by atoms with Crippen LogP contribution in [-0.4, -0.2) is 12.2 Å². The number of halogens is 1. The fourth-order valence-electron chi connectivity index (χ4n) is 2.58. The molecule has 0 radical (unpaired) electrons. The van der Waals surface area contributed by atoms with Crippen molar-refractivity contribution in [2.45, 2.75) is 6.10 Å². The van der Waals surface area contributed by atoms with Crippen LogP contribution in [0.1, 0.15) is 17.2 Å². The lowest BCUT2D eigenvalue weighted by Gasteiger charge is -2.17. The first-order chi connectivity index (χ1) is 10.2. The predicted octanol–water partition coefficient (Wildman–Crippen LogP) is 4.58. The van der Waals surface area contributed by atoms with E-state index in [0.717, 1.165) is 21.9 Å². The molecule has 0 fully saturated rings. The Labute approximate surface area is 128 Å². The van der Waals surface area contributed by atoms with E-state index in [1.54, 1.807) is 7.11 Å². The molecule has 0 aliphatic carbocycles. The van der Waals surface area contributed by atoms with E-state index in [1.807, 2.05) is 60.7 Å². The average molecular weight is 299 g/mol. The molecule has 0 aliphatic rings. The molecule has 3 heteroatoms. The van der Waals surface area contributed by atoms with Crippen molar-refractivity contribution >= 4 is 22.4 Å². The molecule has 0 aliphatic heterocycles. The number of hydrogen-bond donors (Lipinski definition) is 1. The summed E-state index contributed by atoms with van der Waals surface area (Å²) in [6.45, 7) is 0. The lowest BCUT2D eigenvalue weighted by atomic mass is 9.95. The fraction of sp³-hybridized carbons (Fsp3) is 0.111. The zero-order valence-electron chi connectivity index (χ0n) is 11.6. The summed E-state index contributed by atoms with van der Waals surface area (Å²) < 4.78 is 5.34. The second-order valence-electron chi connectivity index (χ2n) is 4.83. The van der Waals surface area contributed by atoms with Crippen molar-refractivity contribution in [1.82, 2.24) is 0 Å². The molecule has 106 valence electrons. The third-order valence-electron chi connectivity index (χ3n) is 3.63. The van der Waals surface area contributed by atoms with E-state index in [-0.39, 0.29) is 0 Å². The second kappa shape index (κ2) is 5.76. The molecular formula is C18H15ClO2. The minimum Gasteiger partial charge on any atom is -0.496 e. The molecule has 0 amide bonds. The summed E-state index contributed by atoms with van der Waals surface area (Å²) in [6.07, 6.45) is -0.761. The van der Waals surface area contributed by atoms with Gasteiger partial charge in [-0.05, 0) is 23.1 Å². The van der Waals surface area contributed by atoms with Crippen LogP contribution in [0.25, 0.3) is 10.8 Å². The van der Waals surface area contributed by atoms with E-state index in [2.05, 4.69) is 0 Å². The Kier molecular flexibility index (Phi) is 3.82. The first kappa shape index (κ1) is 13.9. The van der Waals surface area contributed by atoms with Gasteiger partial charge in [-0.3, -0.25) is 0 Å². The summed E-state index contributed by atoms with van der Waals surface area (Å²) in [5, 5.41) is 13.3. The van der Waals surface area contributed by atoms with Crippen molar-refractivity contribution in [1.29, 1.82) is 0 Å². The lowest BCUT2D eigenvalue weighted by molar-refractivity contribution is 0.216.